The Morgan fingerprint density at radius 1 is 0.841 bits per heavy atom. The van der Waals surface area contributed by atoms with Crippen LogP contribution in [0.15, 0.2) is 85.0 Å². The lowest BCUT2D eigenvalue weighted by Crippen LogP contribution is -2.52. The molecule has 2 N–H and O–H groups in total. The number of carbonyl (C=O) groups excluding carboxylic acids is 2. The largest absolute Gasteiger partial charge is 0.478 e. The first-order valence-corrected chi connectivity index (χ1v) is 16.9. The number of nitrogens with one attached hydrogen (secondary N) is 1. The molecule has 1 aromatic rings. The number of amides is 1. The number of rotatable bonds is 22. The maximum atomic E-state index is 13.6. The first kappa shape index (κ1) is 38.7. The van der Waals surface area contributed by atoms with Crippen molar-refractivity contribution in [2.45, 2.75) is 103 Å². The van der Waals surface area contributed by atoms with Crippen LogP contribution in [0.25, 0.3) is 0 Å². The summed E-state index contributed by atoms with van der Waals surface area (Å²) in [6.45, 7) is 10.0. The third-order valence-electron chi connectivity index (χ3n) is 7.00. The van der Waals surface area contributed by atoms with Gasteiger partial charge < -0.3 is 15.2 Å². The van der Waals surface area contributed by atoms with E-state index in [0.717, 1.165) is 44.3 Å². The van der Waals surface area contributed by atoms with Gasteiger partial charge in [-0.05, 0) is 81.6 Å². The van der Waals surface area contributed by atoms with Gasteiger partial charge in [-0.3, -0.25) is 4.79 Å². The first-order valence-electron chi connectivity index (χ1n) is 15.9. The fourth-order valence-corrected chi connectivity index (χ4v) is 5.66. The van der Waals surface area contributed by atoms with Gasteiger partial charge in [0.15, 0.2) is 0 Å². The average Bonchev–Trinajstić information content (AvgIpc) is 3.00. The number of carboxylic acid groups (broad SMARTS) is 1. The number of hydrogen-bond acceptors (Lipinski definition) is 5. The standard InChI is InChI=1S/C37H53NO5S/c1-6-9-10-11-12-13-14-15-16-17-18-19-20-21-22-25-28-44-37(7-2,8-3)36(42)38-32(29-30(4)5)35(41)43-33-27-24-23-26-31(33)34(39)40/h9-10,12-13,15-16,18-19,21-24,26-27,30,32H,6-8,11,14,17,20,25,28-29H2,1-5H3,(H,38,42)(H,39,40). The van der Waals surface area contributed by atoms with Crippen molar-refractivity contribution >= 4 is 29.6 Å². The van der Waals surface area contributed by atoms with E-state index in [-0.39, 0.29) is 23.1 Å². The number of carboxylic acids is 1. The number of thioether (sulfide) groups is 1. The van der Waals surface area contributed by atoms with Crippen LogP contribution in [0.3, 0.4) is 0 Å². The van der Waals surface area contributed by atoms with Crippen LogP contribution < -0.4 is 10.1 Å². The SMILES string of the molecule is CCC=CCC=CCC=CCC=CCC=CCCSC(CC)(CC)C(=O)NC(CC(C)C)C(=O)Oc1ccccc1C(=O)O. The van der Waals surface area contributed by atoms with Gasteiger partial charge in [-0.1, -0.05) is 108 Å². The van der Waals surface area contributed by atoms with E-state index in [2.05, 4.69) is 73.0 Å². The molecule has 242 valence electrons. The number of para-hydroxylation sites is 1. The number of allylic oxidation sites excluding steroid dienone is 10. The highest BCUT2D eigenvalue weighted by Crippen LogP contribution is 2.34. The van der Waals surface area contributed by atoms with Crippen LogP contribution in [0.2, 0.25) is 0 Å². The molecule has 44 heavy (non-hydrogen) atoms. The smallest absolute Gasteiger partial charge is 0.339 e. The second kappa shape index (κ2) is 23.1. The van der Waals surface area contributed by atoms with E-state index < -0.39 is 22.7 Å². The second-order valence-electron chi connectivity index (χ2n) is 10.9. The molecule has 0 fully saturated rings. The Morgan fingerprint density at radius 3 is 1.86 bits per heavy atom. The van der Waals surface area contributed by atoms with E-state index in [4.69, 9.17) is 4.74 Å². The molecule has 0 spiro atoms. The van der Waals surface area contributed by atoms with Gasteiger partial charge in [-0.2, -0.15) is 0 Å². The van der Waals surface area contributed by atoms with Gasteiger partial charge >= 0.3 is 11.9 Å². The number of aromatic carboxylic acids is 1. The van der Waals surface area contributed by atoms with Crippen LogP contribution in [-0.4, -0.2) is 39.5 Å². The number of esters is 1. The fourth-order valence-electron chi connectivity index (χ4n) is 4.42. The van der Waals surface area contributed by atoms with Crippen LogP contribution in [0, 0.1) is 5.92 Å². The summed E-state index contributed by atoms with van der Waals surface area (Å²) in [4.78, 5) is 38.3. The van der Waals surface area contributed by atoms with Gasteiger partial charge in [-0.25, -0.2) is 9.59 Å². The highest BCUT2D eigenvalue weighted by molar-refractivity contribution is 8.01. The minimum atomic E-state index is -1.18. The summed E-state index contributed by atoms with van der Waals surface area (Å²) in [6.07, 6.45) is 29.1. The van der Waals surface area contributed by atoms with Crippen molar-refractivity contribution in [3.8, 4) is 5.75 Å². The zero-order valence-corrected chi connectivity index (χ0v) is 28.1. The van der Waals surface area contributed by atoms with E-state index in [0.29, 0.717) is 19.3 Å². The molecule has 0 radical (unpaired) electrons. The minimum absolute atomic E-state index is 0.0308. The van der Waals surface area contributed by atoms with E-state index in [1.165, 1.54) is 12.1 Å². The Balaban J connectivity index is 2.60. The quantitative estimate of drug-likeness (QED) is 0.0579. The third-order valence-corrected chi connectivity index (χ3v) is 8.76. The Hall–Kier alpha value is -3.32. The van der Waals surface area contributed by atoms with Crippen molar-refractivity contribution in [3.05, 3.63) is 90.6 Å². The first-order chi connectivity index (χ1) is 21.2. The monoisotopic (exact) mass is 623 g/mol. The summed E-state index contributed by atoms with van der Waals surface area (Å²) < 4.78 is 4.81. The summed E-state index contributed by atoms with van der Waals surface area (Å²) in [5.74, 6) is -1.17. The lowest BCUT2D eigenvalue weighted by molar-refractivity contribution is -0.140. The number of ether oxygens (including phenoxy) is 1. The molecule has 0 aliphatic heterocycles. The maximum absolute atomic E-state index is 13.6. The summed E-state index contributed by atoms with van der Waals surface area (Å²) in [5.41, 5.74) is -0.0995. The highest BCUT2D eigenvalue weighted by Gasteiger charge is 2.38. The van der Waals surface area contributed by atoms with Crippen molar-refractivity contribution in [1.29, 1.82) is 0 Å². The normalized spacial score (nSPS) is 13.2. The molecular formula is C37H53NO5S. The second-order valence-corrected chi connectivity index (χ2v) is 12.4. The minimum Gasteiger partial charge on any atom is -0.478 e. The van der Waals surface area contributed by atoms with Gasteiger partial charge in [0.2, 0.25) is 5.91 Å². The van der Waals surface area contributed by atoms with Crippen molar-refractivity contribution in [1.82, 2.24) is 5.32 Å². The fraction of sp³-hybridized carbons (Fsp3) is 0.486. The maximum Gasteiger partial charge on any atom is 0.339 e. The van der Waals surface area contributed by atoms with Gasteiger partial charge in [0.05, 0.1) is 4.75 Å². The topological polar surface area (TPSA) is 92.7 Å². The van der Waals surface area contributed by atoms with Crippen LogP contribution in [0.5, 0.6) is 5.75 Å². The molecule has 6 nitrogen and oxygen atoms in total. The van der Waals surface area contributed by atoms with Crippen molar-refractivity contribution in [2.24, 2.45) is 5.92 Å². The van der Waals surface area contributed by atoms with Gasteiger partial charge in [0.25, 0.3) is 0 Å². The lowest BCUT2D eigenvalue weighted by atomic mass is 9.98. The van der Waals surface area contributed by atoms with Gasteiger partial charge in [0, 0.05) is 0 Å². The number of benzene rings is 1. The third kappa shape index (κ3) is 15.4. The molecular weight excluding hydrogens is 570 g/mol. The van der Waals surface area contributed by atoms with Crippen LogP contribution in [0.4, 0.5) is 0 Å². The summed E-state index contributed by atoms with van der Waals surface area (Å²) in [6, 6.07) is 5.13. The summed E-state index contributed by atoms with van der Waals surface area (Å²) >= 11 is 1.62. The summed E-state index contributed by atoms with van der Waals surface area (Å²) in [7, 11) is 0. The Bertz CT molecular complexity index is 1140. The molecule has 0 heterocycles. The molecule has 0 saturated carbocycles. The van der Waals surface area contributed by atoms with Crippen molar-refractivity contribution in [3.63, 3.8) is 0 Å². The van der Waals surface area contributed by atoms with Crippen molar-refractivity contribution in [2.75, 3.05) is 5.75 Å². The van der Waals surface area contributed by atoms with Crippen molar-refractivity contribution < 1.29 is 24.2 Å². The molecule has 0 saturated heterocycles. The van der Waals surface area contributed by atoms with Crippen LogP contribution >= 0.6 is 11.8 Å². The van der Waals surface area contributed by atoms with E-state index in [9.17, 15) is 19.5 Å². The Kier molecular flexibility index (Phi) is 20.3. The Morgan fingerprint density at radius 2 is 1.36 bits per heavy atom. The number of hydrogen-bond donors (Lipinski definition) is 2. The van der Waals surface area contributed by atoms with Crippen LogP contribution in [-0.2, 0) is 9.59 Å². The lowest BCUT2D eigenvalue weighted by Gasteiger charge is -2.32. The van der Waals surface area contributed by atoms with Gasteiger partial charge in [-0.15, -0.1) is 11.8 Å². The predicted octanol–water partition coefficient (Wildman–Crippen LogP) is 9.25. The zero-order chi connectivity index (χ0) is 32.6. The number of carbonyl (C=O) groups is 3. The summed E-state index contributed by atoms with van der Waals surface area (Å²) in [5, 5.41) is 12.4. The molecule has 0 bridgehead atoms. The molecule has 1 atom stereocenters. The zero-order valence-electron chi connectivity index (χ0n) is 27.3. The molecule has 7 heteroatoms. The predicted molar refractivity (Wildman–Crippen MR) is 185 cm³/mol. The van der Waals surface area contributed by atoms with E-state index in [1.807, 2.05) is 27.7 Å². The molecule has 1 amide bonds. The van der Waals surface area contributed by atoms with E-state index >= 15 is 0 Å². The molecule has 0 aliphatic carbocycles. The Labute approximate surface area is 269 Å². The molecule has 1 aromatic carbocycles. The molecule has 0 aromatic heterocycles. The van der Waals surface area contributed by atoms with Crippen LogP contribution in [0.1, 0.15) is 103 Å². The molecule has 1 unspecified atom stereocenters. The molecule has 0 aliphatic rings. The molecule has 1 rings (SSSR count). The van der Waals surface area contributed by atoms with Gasteiger partial charge in [0.1, 0.15) is 17.4 Å². The van der Waals surface area contributed by atoms with E-state index in [1.54, 1.807) is 23.9 Å². The average molecular weight is 624 g/mol. The highest BCUT2D eigenvalue weighted by atomic mass is 32.2.